The molecule has 0 aliphatic heterocycles. The Morgan fingerprint density at radius 3 is 2.76 bits per heavy atom. The lowest BCUT2D eigenvalue weighted by Gasteiger charge is -2.13. The van der Waals surface area contributed by atoms with Crippen LogP contribution >= 0.6 is 22.6 Å². The number of methoxy groups -OCH3 is 1. The minimum absolute atomic E-state index is 0.0925. The molecule has 0 aliphatic carbocycles. The molecule has 0 aliphatic rings. The van der Waals surface area contributed by atoms with Crippen molar-refractivity contribution in [3.05, 3.63) is 26.6 Å². The van der Waals surface area contributed by atoms with E-state index in [1.54, 1.807) is 0 Å². The molecule has 0 fully saturated rings. The number of pyridine rings is 1. The third-order valence-electron chi connectivity index (χ3n) is 2.22. The van der Waals surface area contributed by atoms with Crippen LogP contribution in [0.4, 0.5) is 8.78 Å². The lowest BCUT2D eigenvalue weighted by Crippen LogP contribution is -2.14. The first-order valence-corrected chi connectivity index (χ1v) is 5.80. The van der Waals surface area contributed by atoms with Crippen molar-refractivity contribution in [2.75, 3.05) is 7.11 Å². The Morgan fingerprint density at radius 1 is 1.65 bits per heavy atom. The molecule has 0 spiro atoms. The molecule has 0 aromatic carbocycles. The van der Waals surface area contributed by atoms with Crippen LogP contribution in [0.5, 0.6) is 0 Å². The molecule has 1 aromatic rings. The molecule has 17 heavy (non-hydrogen) atoms. The third kappa shape index (κ3) is 3.32. The second kappa shape index (κ2) is 6.20. The zero-order chi connectivity index (χ0) is 13.0. The average Bonchev–Trinajstić information content (AvgIpc) is 2.30. The highest BCUT2D eigenvalue weighted by molar-refractivity contribution is 14.1. The summed E-state index contributed by atoms with van der Waals surface area (Å²) in [7, 11) is 1.21. The number of nitrogens with two attached hydrogens (primary N) is 1. The summed E-state index contributed by atoms with van der Waals surface area (Å²) in [4.78, 5) is 15.0. The van der Waals surface area contributed by atoms with Crippen molar-refractivity contribution < 1.29 is 18.3 Å². The number of rotatable bonds is 4. The van der Waals surface area contributed by atoms with Crippen LogP contribution in [0.15, 0.2) is 6.20 Å². The van der Waals surface area contributed by atoms with Crippen molar-refractivity contribution >= 4 is 28.6 Å². The Balaban J connectivity index is 3.28. The summed E-state index contributed by atoms with van der Waals surface area (Å²) in [6, 6.07) is 0. The van der Waals surface area contributed by atoms with E-state index in [1.807, 2.05) is 22.6 Å². The highest BCUT2D eigenvalue weighted by atomic mass is 127. The molecule has 2 N–H and O–H groups in total. The van der Waals surface area contributed by atoms with Crippen LogP contribution < -0.4 is 5.73 Å². The van der Waals surface area contributed by atoms with Crippen molar-refractivity contribution in [3.63, 3.8) is 0 Å². The SMILES string of the molecule is COC(=O)Cc1c(I)cnc(CN)c1C(F)F. The van der Waals surface area contributed by atoms with Gasteiger partial charge in [-0.25, -0.2) is 8.78 Å². The van der Waals surface area contributed by atoms with Gasteiger partial charge in [-0.05, 0) is 28.2 Å². The summed E-state index contributed by atoms with van der Waals surface area (Å²) in [6.07, 6.45) is -1.49. The fourth-order valence-electron chi connectivity index (χ4n) is 1.40. The molecule has 0 radical (unpaired) electrons. The number of carbonyl (C=O) groups is 1. The van der Waals surface area contributed by atoms with E-state index in [0.717, 1.165) is 0 Å². The molecule has 0 saturated carbocycles. The Labute approximate surface area is 111 Å². The molecule has 0 amide bonds. The molecule has 1 rings (SSSR count). The first-order valence-electron chi connectivity index (χ1n) is 4.72. The Morgan fingerprint density at radius 2 is 2.29 bits per heavy atom. The number of hydrogen-bond donors (Lipinski definition) is 1. The molecule has 94 valence electrons. The minimum Gasteiger partial charge on any atom is -0.469 e. The van der Waals surface area contributed by atoms with Gasteiger partial charge >= 0.3 is 5.97 Å². The van der Waals surface area contributed by atoms with Crippen LogP contribution in [0.25, 0.3) is 0 Å². The number of halogens is 3. The van der Waals surface area contributed by atoms with Crippen molar-refractivity contribution in [1.82, 2.24) is 4.98 Å². The smallest absolute Gasteiger partial charge is 0.310 e. The zero-order valence-electron chi connectivity index (χ0n) is 9.04. The Hall–Kier alpha value is -0.830. The van der Waals surface area contributed by atoms with E-state index >= 15 is 0 Å². The van der Waals surface area contributed by atoms with Gasteiger partial charge in [-0.15, -0.1) is 0 Å². The lowest BCUT2D eigenvalue weighted by molar-refractivity contribution is -0.139. The van der Waals surface area contributed by atoms with Crippen LogP contribution in [0.3, 0.4) is 0 Å². The van der Waals surface area contributed by atoms with Crippen molar-refractivity contribution in [2.45, 2.75) is 19.4 Å². The number of ether oxygens (including phenoxy) is 1. The molecule has 0 saturated heterocycles. The maximum absolute atomic E-state index is 13.0. The fourth-order valence-corrected chi connectivity index (χ4v) is 2.02. The number of esters is 1. The first-order chi connectivity index (χ1) is 8.01. The second-order valence-corrected chi connectivity index (χ2v) is 4.36. The molecule has 0 bridgehead atoms. The van der Waals surface area contributed by atoms with E-state index in [-0.39, 0.29) is 29.8 Å². The molecular weight excluding hydrogens is 345 g/mol. The van der Waals surface area contributed by atoms with Gasteiger partial charge in [0.05, 0.1) is 19.2 Å². The topological polar surface area (TPSA) is 65.2 Å². The van der Waals surface area contributed by atoms with Gasteiger partial charge in [0, 0.05) is 21.9 Å². The van der Waals surface area contributed by atoms with Gasteiger partial charge in [-0.1, -0.05) is 0 Å². The summed E-state index contributed by atoms with van der Waals surface area (Å²) in [5, 5.41) is 0. The Kier molecular flexibility index (Phi) is 5.19. The zero-order valence-corrected chi connectivity index (χ0v) is 11.2. The highest BCUT2D eigenvalue weighted by Gasteiger charge is 2.22. The summed E-state index contributed by atoms with van der Waals surface area (Å²) in [6.45, 7) is -0.0925. The predicted molar refractivity (Wildman–Crippen MR) is 65.5 cm³/mol. The van der Waals surface area contributed by atoms with Gasteiger partial charge in [0.2, 0.25) is 0 Å². The first kappa shape index (κ1) is 14.2. The molecule has 0 atom stereocenters. The maximum Gasteiger partial charge on any atom is 0.310 e. The van der Waals surface area contributed by atoms with E-state index in [4.69, 9.17) is 5.73 Å². The quantitative estimate of drug-likeness (QED) is 0.660. The molecule has 1 aromatic heterocycles. The predicted octanol–water partition coefficient (Wildman–Crippen LogP) is 1.80. The third-order valence-corrected chi connectivity index (χ3v) is 3.15. The summed E-state index contributed by atoms with van der Waals surface area (Å²) in [5.74, 6) is -0.570. The number of alkyl halides is 2. The maximum atomic E-state index is 13.0. The molecular formula is C10H11F2IN2O2. The number of aromatic nitrogens is 1. The largest absolute Gasteiger partial charge is 0.469 e. The molecule has 4 nitrogen and oxygen atoms in total. The normalized spacial score (nSPS) is 10.7. The van der Waals surface area contributed by atoms with E-state index in [9.17, 15) is 13.6 Å². The van der Waals surface area contributed by atoms with Crippen LogP contribution in [0, 0.1) is 3.57 Å². The lowest BCUT2D eigenvalue weighted by atomic mass is 10.0. The Bertz CT molecular complexity index is 427. The van der Waals surface area contributed by atoms with Crippen molar-refractivity contribution in [3.8, 4) is 0 Å². The fraction of sp³-hybridized carbons (Fsp3) is 0.400. The minimum atomic E-state index is -2.71. The van der Waals surface area contributed by atoms with E-state index < -0.39 is 12.4 Å². The monoisotopic (exact) mass is 356 g/mol. The molecule has 7 heteroatoms. The summed E-state index contributed by atoms with van der Waals surface area (Å²) in [5.41, 5.74) is 5.45. The van der Waals surface area contributed by atoms with Gasteiger partial charge in [0.1, 0.15) is 0 Å². The molecule has 1 heterocycles. The van der Waals surface area contributed by atoms with Gasteiger partial charge in [-0.2, -0.15) is 0 Å². The van der Waals surface area contributed by atoms with Crippen LogP contribution in [0.2, 0.25) is 0 Å². The van der Waals surface area contributed by atoms with Crippen LogP contribution in [0.1, 0.15) is 23.2 Å². The highest BCUT2D eigenvalue weighted by Crippen LogP contribution is 2.29. The number of carbonyl (C=O) groups excluding carboxylic acids is 1. The van der Waals surface area contributed by atoms with Gasteiger partial charge in [0.25, 0.3) is 6.43 Å². The number of nitrogens with zero attached hydrogens (tertiary/aromatic N) is 1. The van der Waals surface area contributed by atoms with Gasteiger partial charge in [-0.3, -0.25) is 9.78 Å². The van der Waals surface area contributed by atoms with Crippen molar-refractivity contribution in [2.24, 2.45) is 5.73 Å². The van der Waals surface area contributed by atoms with E-state index in [1.165, 1.54) is 13.3 Å². The van der Waals surface area contributed by atoms with E-state index in [0.29, 0.717) is 3.57 Å². The van der Waals surface area contributed by atoms with Crippen LogP contribution in [-0.4, -0.2) is 18.1 Å². The van der Waals surface area contributed by atoms with Crippen molar-refractivity contribution in [1.29, 1.82) is 0 Å². The van der Waals surface area contributed by atoms with Gasteiger partial charge in [0.15, 0.2) is 0 Å². The summed E-state index contributed by atoms with van der Waals surface area (Å²) < 4.78 is 30.9. The molecule has 0 unspecified atom stereocenters. The van der Waals surface area contributed by atoms with Crippen LogP contribution in [-0.2, 0) is 22.5 Å². The number of hydrogen-bond acceptors (Lipinski definition) is 4. The van der Waals surface area contributed by atoms with Gasteiger partial charge < -0.3 is 10.5 Å². The summed E-state index contributed by atoms with van der Waals surface area (Å²) >= 11 is 1.86. The standard InChI is InChI=1S/C10H11F2IN2O2/c1-17-8(16)2-5-6(13)4-15-7(3-14)9(5)10(11)12/h4,10H,2-3,14H2,1H3. The average molecular weight is 356 g/mol. The van der Waals surface area contributed by atoms with E-state index in [2.05, 4.69) is 9.72 Å². The second-order valence-electron chi connectivity index (χ2n) is 3.20.